The Balaban J connectivity index is 4.08. The third-order valence-electron chi connectivity index (χ3n) is 1.99. The lowest BCUT2D eigenvalue weighted by atomic mass is 10.2. The molecule has 0 saturated carbocycles. The molecule has 4 N–H and O–H groups in total. The molecule has 0 saturated heterocycles. The number of hydrogen-bond acceptors (Lipinski definition) is 5. The number of aliphatic carboxylic acids is 1. The summed E-state index contributed by atoms with van der Waals surface area (Å²) < 4.78 is 4.97. The van der Waals surface area contributed by atoms with E-state index in [4.69, 9.17) is 9.84 Å². The van der Waals surface area contributed by atoms with Crippen LogP contribution in [-0.4, -0.2) is 53.7 Å². The first-order chi connectivity index (χ1) is 9.51. The summed E-state index contributed by atoms with van der Waals surface area (Å²) in [4.78, 5) is 44.4. The molecule has 0 unspecified atom stereocenters. The van der Waals surface area contributed by atoms with E-state index < -0.39 is 42.1 Å². The van der Waals surface area contributed by atoms with Crippen LogP contribution in [-0.2, 0) is 19.1 Å². The average molecular weight is 303 g/mol. The van der Waals surface area contributed by atoms with Crippen LogP contribution in [0.5, 0.6) is 0 Å². The molecule has 0 aliphatic carbocycles. The molecule has 1 atom stereocenters. The van der Waals surface area contributed by atoms with Crippen LogP contribution >= 0.6 is 0 Å². The molecule has 0 rings (SSSR count). The van der Waals surface area contributed by atoms with Gasteiger partial charge in [-0.05, 0) is 27.7 Å². The second-order valence-electron chi connectivity index (χ2n) is 5.26. The monoisotopic (exact) mass is 303 g/mol. The number of ether oxygens (including phenoxy) is 1. The summed E-state index contributed by atoms with van der Waals surface area (Å²) in [6.07, 6.45) is -0.750. The van der Waals surface area contributed by atoms with Crippen LogP contribution in [0.4, 0.5) is 4.79 Å². The van der Waals surface area contributed by atoms with Crippen LogP contribution in [0, 0.1) is 0 Å². The van der Waals surface area contributed by atoms with Crippen molar-refractivity contribution in [3.05, 3.63) is 0 Å². The number of carboxylic acids is 1. The van der Waals surface area contributed by atoms with Gasteiger partial charge in [-0.15, -0.1) is 0 Å². The topological polar surface area (TPSA) is 134 Å². The summed E-state index contributed by atoms with van der Waals surface area (Å²) in [5.41, 5.74) is -0.684. The van der Waals surface area contributed by atoms with Gasteiger partial charge in [-0.3, -0.25) is 14.4 Å². The van der Waals surface area contributed by atoms with Crippen molar-refractivity contribution in [2.45, 2.75) is 39.3 Å². The molecule has 0 heterocycles. The Labute approximate surface area is 122 Å². The number of nitrogens with one attached hydrogen (secondary N) is 3. The highest BCUT2D eigenvalue weighted by molar-refractivity contribution is 5.90. The lowest BCUT2D eigenvalue weighted by Gasteiger charge is -2.21. The average Bonchev–Trinajstić information content (AvgIpc) is 2.30. The standard InChI is InChI=1S/C12H21N3O6/c1-7(15-11(20)21-12(2,3)4)10(19)14-5-8(16)13-6-9(17)18/h7H,5-6H2,1-4H3,(H,13,16)(H,14,19)(H,15,20)(H,17,18)/t7-/m0/s1. The number of carbonyl (C=O) groups is 4. The predicted octanol–water partition coefficient (Wildman–Crippen LogP) is -0.783. The maximum absolute atomic E-state index is 11.6. The highest BCUT2D eigenvalue weighted by Gasteiger charge is 2.21. The minimum absolute atomic E-state index is 0.382. The van der Waals surface area contributed by atoms with Crippen molar-refractivity contribution in [1.82, 2.24) is 16.0 Å². The van der Waals surface area contributed by atoms with Gasteiger partial charge in [-0.2, -0.15) is 0 Å². The van der Waals surface area contributed by atoms with Crippen LogP contribution in [0.2, 0.25) is 0 Å². The highest BCUT2D eigenvalue weighted by Crippen LogP contribution is 2.06. The largest absolute Gasteiger partial charge is 0.480 e. The number of hydrogen-bond donors (Lipinski definition) is 4. The summed E-state index contributed by atoms with van der Waals surface area (Å²) >= 11 is 0. The van der Waals surface area contributed by atoms with Gasteiger partial charge in [0.15, 0.2) is 0 Å². The van der Waals surface area contributed by atoms with Crippen LogP contribution in [0.1, 0.15) is 27.7 Å². The molecule has 9 heteroatoms. The fraction of sp³-hybridized carbons (Fsp3) is 0.667. The second kappa shape index (κ2) is 8.08. The van der Waals surface area contributed by atoms with Gasteiger partial charge >= 0.3 is 12.1 Å². The van der Waals surface area contributed by atoms with Crippen molar-refractivity contribution >= 4 is 23.9 Å². The molecule has 0 aromatic carbocycles. The molecule has 21 heavy (non-hydrogen) atoms. The smallest absolute Gasteiger partial charge is 0.408 e. The molecule has 0 spiro atoms. The quantitative estimate of drug-likeness (QED) is 0.508. The van der Waals surface area contributed by atoms with Crippen molar-refractivity contribution in [1.29, 1.82) is 0 Å². The van der Waals surface area contributed by atoms with Crippen molar-refractivity contribution in [2.24, 2.45) is 0 Å². The van der Waals surface area contributed by atoms with Crippen molar-refractivity contribution in [2.75, 3.05) is 13.1 Å². The molecule has 0 bridgehead atoms. The number of amides is 3. The molecule has 3 amide bonds. The van der Waals surface area contributed by atoms with Gasteiger partial charge in [0.05, 0.1) is 6.54 Å². The van der Waals surface area contributed by atoms with E-state index in [1.165, 1.54) is 6.92 Å². The molecular formula is C12H21N3O6. The molecular weight excluding hydrogens is 282 g/mol. The Morgan fingerprint density at radius 3 is 2.14 bits per heavy atom. The fourth-order valence-corrected chi connectivity index (χ4v) is 1.11. The van der Waals surface area contributed by atoms with Gasteiger partial charge in [0, 0.05) is 0 Å². The Bertz CT molecular complexity index is 416. The maximum atomic E-state index is 11.6. The third kappa shape index (κ3) is 10.2. The summed E-state index contributed by atoms with van der Waals surface area (Å²) in [5, 5.41) is 15.0. The van der Waals surface area contributed by atoms with Gasteiger partial charge < -0.3 is 25.8 Å². The number of carboxylic acid groups (broad SMARTS) is 1. The van der Waals surface area contributed by atoms with Gasteiger partial charge in [0.1, 0.15) is 18.2 Å². The minimum atomic E-state index is -1.19. The zero-order valence-corrected chi connectivity index (χ0v) is 12.5. The maximum Gasteiger partial charge on any atom is 0.408 e. The summed E-state index contributed by atoms with van der Waals surface area (Å²) in [6.45, 7) is 5.57. The van der Waals surface area contributed by atoms with E-state index in [0.717, 1.165) is 0 Å². The Hall–Kier alpha value is -2.32. The van der Waals surface area contributed by atoms with Crippen LogP contribution in [0.15, 0.2) is 0 Å². The third-order valence-corrected chi connectivity index (χ3v) is 1.99. The fourth-order valence-electron chi connectivity index (χ4n) is 1.11. The lowest BCUT2D eigenvalue weighted by molar-refractivity contribution is -0.137. The number of alkyl carbamates (subject to hydrolysis) is 1. The van der Waals surface area contributed by atoms with Crippen molar-refractivity contribution in [3.8, 4) is 0 Å². The van der Waals surface area contributed by atoms with E-state index in [2.05, 4.69) is 16.0 Å². The van der Waals surface area contributed by atoms with Gasteiger partial charge in [-0.25, -0.2) is 4.79 Å². The van der Waals surface area contributed by atoms with Gasteiger partial charge in [0.2, 0.25) is 11.8 Å². The van der Waals surface area contributed by atoms with Crippen LogP contribution in [0.25, 0.3) is 0 Å². The molecule has 0 aliphatic rings. The number of carbonyl (C=O) groups excluding carboxylic acids is 3. The predicted molar refractivity (Wildman–Crippen MR) is 72.5 cm³/mol. The summed E-state index contributed by atoms with van der Waals surface area (Å²) in [7, 11) is 0. The molecule has 0 fully saturated rings. The molecule has 120 valence electrons. The van der Waals surface area contributed by atoms with Crippen LogP contribution in [0.3, 0.4) is 0 Å². The van der Waals surface area contributed by atoms with E-state index in [-0.39, 0.29) is 6.54 Å². The molecule has 0 aliphatic heterocycles. The highest BCUT2D eigenvalue weighted by atomic mass is 16.6. The van der Waals surface area contributed by atoms with E-state index >= 15 is 0 Å². The summed E-state index contributed by atoms with van der Waals surface area (Å²) in [5.74, 6) is -2.42. The summed E-state index contributed by atoms with van der Waals surface area (Å²) in [6, 6.07) is -0.896. The van der Waals surface area contributed by atoms with Gasteiger partial charge in [0.25, 0.3) is 0 Å². The zero-order valence-electron chi connectivity index (χ0n) is 12.5. The first kappa shape index (κ1) is 18.7. The Kier molecular flexibility index (Phi) is 7.18. The second-order valence-corrected chi connectivity index (χ2v) is 5.26. The van der Waals surface area contributed by atoms with E-state index in [9.17, 15) is 19.2 Å². The number of rotatable bonds is 6. The lowest BCUT2D eigenvalue weighted by Crippen LogP contribution is -2.48. The molecule has 0 aromatic rings. The normalized spacial score (nSPS) is 12.0. The van der Waals surface area contributed by atoms with E-state index in [1.807, 2.05) is 0 Å². The first-order valence-corrected chi connectivity index (χ1v) is 6.27. The Morgan fingerprint density at radius 1 is 1.10 bits per heavy atom. The van der Waals surface area contributed by atoms with E-state index in [1.54, 1.807) is 20.8 Å². The van der Waals surface area contributed by atoms with Crippen LogP contribution < -0.4 is 16.0 Å². The van der Waals surface area contributed by atoms with Crippen molar-refractivity contribution in [3.63, 3.8) is 0 Å². The molecule has 0 aromatic heterocycles. The zero-order chi connectivity index (χ0) is 16.6. The molecule has 9 nitrogen and oxygen atoms in total. The molecule has 0 radical (unpaired) electrons. The van der Waals surface area contributed by atoms with E-state index in [0.29, 0.717) is 0 Å². The van der Waals surface area contributed by atoms with Gasteiger partial charge in [-0.1, -0.05) is 0 Å². The van der Waals surface area contributed by atoms with Crippen molar-refractivity contribution < 1.29 is 29.0 Å². The first-order valence-electron chi connectivity index (χ1n) is 6.27. The SMILES string of the molecule is C[C@H](NC(=O)OC(C)(C)C)C(=O)NCC(=O)NCC(=O)O. The minimum Gasteiger partial charge on any atom is -0.480 e. The Morgan fingerprint density at radius 2 is 1.67 bits per heavy atom.